The molecule has 2 aromatic carbocycles. The Bertz CT molecular complexity index is 1110. The van der Waals surface area contributed by atoms with Crippen molar-refractivity contribution in [2.75, 3.05) is 20.3 Å². The summed E-state index contributed by atoms with van der Waals surface area (Å²) in [4.78, 5) is 29.5. The average molecular weight is 443 g/mol. The highest BCUT2D eigenvalue weighted by atomic mass is 79.9. The van der Waals surface area contributed by atoms with Crippen molar-refractivity contribution in [3.05, 3.63) is 68.4 Å². The van der Waals surface area contributed by atoms with Gasteiger partial charge in [0.15, 0.2) is 11.5 Å². The topological polar surface area (TPSA) is 71.6 Å². The molecule has 1 N–H and O–H groups in total. The van der Waals surface area contributed by atoms with Crippen molar-refractivity contribution >= 4 is 32.7 Å². The van der Waals surface area contributed by atoms with Crippen LogP contribution in [0.15, 0.2) is 51.7 Å². The van der Waals surface area contributed by atoms with Crippen LogP contribution in [0.5, 0.6) is 11.5 Å². The molecule has 0 atom stereocenters. The predicted molar refractivity (Wildman–Crippen MR) is 110 cm³/mol. The van der Waals surface area contributed by atoms with Gasteiger partial charge in [0.05, 0.1) is 18.8 Å². The van der Waals surface area contributed by atoms with Gasteiger partial charge in [0.1, 0.15) is 0 Å². The minimum absolute atomic E-state index is 0.174. The van der Waals surface area contributed by atoms with Gasteiger partial charge in [-0.3, -0.25) is 9.59 Å². The molecule has 0 saturated carbocycles. The minimum Gasteiger partial charge on any atom is -0.490 e. The Hall–Kier alpha value is -2.80. The second-order valence-corrected chi connectivity index (χ2v) is 7.55. The number of carbonyl (C=O) groups is 1. The molecule has 4 rings (SSSR count). The number of aromatic amines is 1. The fraction of sp³-hybridized carbons (Fsp3) is 0.238. The molecule has 0 radical (unpaired) electrons. The van der Waals surface area contributed by atoms with Crippen LogP contribution in [0.1, 0.15) is 22.3 Å². The maximum atomic E-state index is 13.1. The Morgan fingerprint density at radius 1 is 1.14 bits per heavy atom. The van der Waals surface area contributed by atoms with Crippen molar-refractivity contribution < 1.29 is 14.3 Å². The molecule has 1 amide bonds. The molecule has 0 spiro atoms. The summed E-state index contributed by atoms with van der Waals surface area (Å²) < 4.78 is 12.0. The van der Waals surface area contributed by atoms with Crippen LogP contribution in [0.3, 0.4) is 0 Å². The highest BCUT2D eigenvalue weighted by molar-refractivity contribution is 9.10. The van der Waals surface area contributed by atoms with Crippen LogP contribution in [0.4, 0.5) is 0 Å². The van der Waals surface area contributed by atoms with Crippen LogP contribution in [-0.4, -0.2) is 36.1 Å². The lowest BCUT2D eigenvalue weighted by Gasteiger charge is -2.20. The van der Waals surface area contributed by atoms with E-state index in [0.717, 1.165) is 22.9 Å². The number of benzene rings is 2. The van der Waals surface area contributed by atoms with Crippen molar-refractivity contribution in [1.29, 1.82) is 0 Å². The number of ether oxygens (including phenoxy) is 2. The molecular formula is C21H19BrN2O4. The number of nitrogens with one attached hydrogen (secondary N) is 1. The van der Waals surface area contributed by atoms with Crippen LogP contribution in [0.25, 0.3) is 10.9 Å². The molecule has 0 unspecified atom stereocenters. The first-order chi connectivity index (χ1) is 13.5. The molecule has 1 aliphatic heterocycles. The summed E-state index contributed by atoms with van der Waals surface area (Å²) in [5, 5.41) is 0.916. The normalized spacial score (nSPS) is 13.2. The van der Waals surface area contributed by atoms with E-state index in [9.17, 15) is 9.59 Å². The quantitative estimate of drug-likeness (QED) is 0.670. The summed E-state index contributed by atoms with van der Waals surface area (Å²) in [6.07, 6.45) is 0.797. The first-order valence-corrected chi connectivity index (χ1v) is 9.78. The van der Waals surface area contributed by atoms with E-state index in [1.807, 2.05) is 24.3 Å². The summed E-state index contributed by atoms with van der Waals surface area (Å²) >= 11 is 3.47. The zero-order valence-corrected chi connectivity index (χ0v) is 16.9. The largest absolute Gasteiger partial charge is 0.490 e. The van der Waals surface area contributed by atoms with Gasteiger partial charge in [-0.15, -0.1) is 0 Å². The van der Waals surface area contributed by atoms with Gasteiger partial charge >= 0.3 is 0 Å². The number of fused-ring (bicyclic) bond motifs is 2. The summed E-state index contributed by atoms with van der Waals surface area (Å²) in [6.45, 7) is 1.45. The minimum atomic E-state index is -0.189. The summed E-state index contributed by atoms with van der Waals surface area (Å²) in [7, 11) is 1.72. The Balaban J connectivity index is 1.64. The average Bonchev–Trinajstić information content (AvgIpc) is 2.91. The van der Waals surface area contributed by atoms with Gasteiger partial charge < -0.3 is 19.4 Å². The molecule has 0 bridgehead atoms. The Kier molecular flexibility index (Phi) is 5.09. The number of rotatable bonds is 3. The third-order valence-electron chi connectivity index (χ3n) is 4.66. The number of halogens is 1. The number of carbonyl (C=O) groups excluding carboxylic acids is 1. The SMILES string of the molecule is CN(Cc1cc(=O)[nH]c2ccccc12)C(=O)c1cc2c(cc1Br)OCCCO2. The van der Waals surface area contributed by atoms with Gasteiger partial charge in [-0.05, 0) is 39.7 Å². The molecule has 144 valence electrons. The van der Waals surface area contributed by atoms with Crippen LogP contribution in [-0.2, 0) is 6.54 Å². The monoisotopic (exact) mass is 442 g/mol. The van der Waals surface area contributed by atoms with E-state index in [0.29, 0.717) is 41.3 Å². The third-order valence-corrected chi connectivity index (χ3v) is 5.31. The Labute approximate surface area is 170 Å². The van der Waals surface area contributed by atoms with E-state index >= 15 is 0 Å². The van der Waals surface area contributed by atoms with Crippen molar-refractivity contribution in [3.63, 3.8) is 0 Å². The first-order valence-electron chi connectivity index (χ1n) is 8.98. The van der Waals surface area contributed by atoms with E-state index in [1.54, 1.807) is 24.1 Å². The van der Waals surface area contributed by atoms with Gasteiger partial charge in [-0.25, -0.2) is 0 Å². The maximum absolute atomic E-state index is 13.1. The number of H-pyrrole nitrogens is 1. The molecule has 1 aromatic heterocycles. The number of pyridine rings is 1. The standard InChI is InChI=1S/C21H19BrN2O4/c1-24(12-13-9-20(25)23-17-6-3-2-5-14(13)17)21(26)15-10-18-19(11-16(15)22)28-8-4-7-27-18/h2-3,5-6,9-11H,4,7-8,12H2,1H3,(H,23,25). The molecular weight excluding hydrogens is 424 g/mol. The predicted octanol–water partition coefficient (Wildman–Crippen LogP) is 3.72. The van der Waals surface area contributed by atoms with E-state index in [4.69, 9.17) is 9.47 Å². The highest BCUT2D eigenvalue weighted by Crippen LogP contribution is 2.35. The molecule has 2 heterocycles. The summed E-state index contributed by atoms with van der Waals surface area (Å²) in [5.74, 6) is 1.02. The first kappa shape index (κ1) is 18.6. The molecule has 28 heavy (non-hydrogen) atoms. The number of amides is 1. The lowest BCUT2D eigenvalue weighted by Crippen LogP contribution is -2.27. The zero-order valence-electron chi connectivity index (χ0n) is 15.3. The molecule has 0 fully saturated rings. The summed E-state index contributed by atoms with van der Waals surface area (Å²) in [6, 6.07) is 12.6. The Morgan fingerprint density at radius 3 is 2.64 bits per heavy atom. The van der Waals surface area contributed by atoms with Crippen LogP contribution in [0, 0.1) is 0 Å². The van der Waals surface area contributed by atoms with Gasteiger partial charge in [0.25, 0.3) is 5.91 Å². The number of aromatic nitrogens is 1. The van der Waals surface area contributed by atoms with E-state index in [1.165, 1.54) is 6.07 Å². The van der Waals surface area contributed by atoms with Crippen LogP contribution < -0.4 is 15.0 Å². The second-order valence-electron chi connectivity index (χ2n) is 6.69. The van der Waals surface area contributed by atoms with E-state index < -0.39 is 0 Å². The fourth-order valence-corrected chi connectivity index (χ4v) is 3.78. The number of hydrogen-bond donors (Lipinski definition) is 1. The zero-order chi connectivity index (χ0) is 19.7. The molecule has 6 nitrogen and oxygen atoms in total. The van der Waals surface area contributed by atoms with E-state index in [2.05, 4.69) is 20.9 Å². The number of para-hydroxylation sites is 1. The van der Waals surface area contributed by atoms with Crippen molar-refractivity contribution in [2.24, 2.45) is 0 Å². The van der Waals surface area contributed by atoms with Gasteiger partial charge in [-0.2, -0.15) is 0 Å². The number of nitrogens with zero attached hydrogens (tertiary/aromatic N) is 1. The van der Waals surface area contributed by atoms with Crippen molar-refractivity contribution in [3.8, 4) is 11.5 Å². The fourth-order valence-electron chi connectivity index (χ4n) is 3.29. The van der Waals surface area contributed by atoms with Gasteiger partial charge in [-0.1, -0.05) is 18.2 Å². The Morgan fingerprint density at radius 2 is 1.86 bits per heavy atom. The molecule has 3 aromatic rings. The van der Waals surface area contributed by atoms with Crippen LogP contribution in [0.2, 0.25) is 0 Å². The third kappa shape index (κ3) is 3.62. The second kappa shape index (κ2) is 7.67. The van der Waals surface area contributed by atoms with Crippen molar-refractivity contribution in [1.82, 2.24) is 9.88 Å². The molecule has 7 heteroatoms. The smallest absolute Gasteiger partial charge is 0.255 e. The lowest BCUT2D eigenvalue weighted by molar-refractivity contribution is 0.0784. The molecule has 0 aliphatic carbocycles. The van der Waals surface area contributed by atoms with Gasteiger partial charge in [0, 0.05) is 41.5 Å². The maximum Gasteiger partial charge on any atom is 0.255 e. The van der Waals surface area contributed by atoms with Gasteiger partial charge in [0.2, 0.25) is 5.56 Å². The summed E-state index contributed by atoms with van der Waals surface area (Å²) in [5.41, 5.74) is 1.84. The molecule has 1 aliphatic rings. The number of hydrogen-bond acceptors (Lipinski definition) is 4. The van der Waals surface area contributed by atoms with E-state index in [-0.39, 0.29) is 11.5 Å². The van der Waals surface area contributed by atoms with Crippen LogP contribution >= 0.6 is 15.9 Å². The highest BCUT2D eigenvalue weighted by Gasteiger charge is 2.21. The van der Waals surface area contributed by atoms with Crippen molar-refractivity contribution in [2.45, 2.75) is 13.0 Å². The lowest BCUT2D eigenvalue weighted by atomic mass is 10.1. The molecule has 0 saturated heterocycles.